The Kier molecular flexibility index (Phi) is 4.60. The number of nitrogens with one attached hydrogen (secondary N) is 1. The number of rotatable bonds is 2. The molecule has 7 nitrogen and oxygen atoms in total. The van der Waals surface area contributed by atoms with Crippen molar-refractivity contribution in [3.05, 3.63) is 0 Å². The van der Waals surface area contributed by atoms with Crippen LogP contribution in [0, 0.1) is 0 Å². The van der Waals surface area contributed by atoms with Gasteiger partial charge < -0.3 is 25.0 Å². The number of ether oxygens (including phenoxy) is 1. The van der Waals surface area contributed by atoms with Gasteiger partial charge in [0, 0.05) is 32.7 Å². The molecule has 2 atom stereocenters. The average Bonchev–Trinajstić information content (AvgIpc) is 2.85. The molecule has 2 unspecified atom stereocenters. The number of carbonyl (C=O) groups excluding carboxylic acids is 2. The highest BCUT2D eigenvalue weighted by Crippen LogP contribution is 2.12. The summed E-state index contributed by atoms with van der Waals surface area (Å²) in [5.41, 5.74) is 0. The van der Waals surface area contributed by atoms with Crippen molar-refractivity contribution in [3.63, 3.8) is 0 Å². The molecule has 2 rings (SSSR count). The second-order valence-corrected chi connectivity index (χ2v) is 4.86. The Morgan fingerprint density at radius 3 is 2.42 bits per heavy atom. The van der Waals surface area contributed by atoms with Crippen LogP contribution in [0.2, 0.25) is 0 Å². The molecule has 0 aliphatic carbocycles. The van der Waals surface area contributed by atoms with E-state index in [-0.39, 0.29) is 18.0 Å². The molecule has 0 bridgehead atoms. The molecule has 0 aromatic rings. The standard InChI is InChI=1S/C12H21N3O4/c1-2-19-12(18)15-5-3-14(4-6-15)11(17)10-7-9(16)8-13-10/h9-10,13,16H,2-8H2,1H3. The molecule has 0 aromatic carbocycles. The first-order valence-electron chi connectivity index (χ1n) is 6.73. The maximum atomic E-state index is 12.2. The van der Waals surface area contributed by atoms with Crippen molar-refractivity contribution < 1.29 is 19.4 Å². The number of amides is 2. The molecule has 2 fully saturated rings. The van der Waals surface area contributed by atoms with Crippen molar-refractivity contribution in [2.75, 3.05) is 39.3 Å². The maximum absolute atomic E-state index is 12.2. The first-order valence-corrected chi connectivity index (χ1v) is 6.73. The zero-order valence-corrected chi connectivity index (χ0v) is 11.2. The van der Waals surface area contributed by atoms with Crippen molar-refractivity contribution in [2.45, 2.75) is 25.5 Å². The highest BCUT2D eigenvalue weighted by atomic mass is 16.6. The Morgan fingerprint density at radius 1 is 1.26 bits per heavy atom. The minimum absolute atomic E-state index is 0.0139. The number of hydrogen-bond donors (Lipinski definition) is 2. The van der Waals surface area contributed by atoms with Gasteiger partial charge >= 0.3 is 6.09 Å². The molecule has 2 saturated heterocycles. The van der Waals surface area contributed by atoms with Gasteiger partial charge in [0.05, 0.1) is 18.8 Å². The second-order valence-electron chi connectivity index (χ2n) is 4.86. The van der Waals surface area contributed by atoms with Gasteiger partial charge in [0.25, 0.3) is 0 Å². The van der Waals surface area contributed by atoms with E-state index in [1.165, 1.54) is 0 Å². The summed E-state index contributed by atoms with van der Waals surface area (Å²) in [5, 5.41) is 12.4. The highest BCUT2D eigenvalue weighted by molar-refractivity contribution is 5.82. The molecule has 2 heterocycles. The Balaban J connectivity index is 1.79. The molecule has 0 saturated carbocycles. The lowest BCUT2D eigenvalue weighted by atomic mass is 10.1. The highest BCUT2D eigenvalue weighted by Gasteiger charge is 2.33. The van der Waals surface area contributed by atoms with Crippen molar-refractivity contribution in [1.29, 1.82) is 0 Å². The number of carbonyl (C=O) groups is 2. The smallest absolute Gasteiger partial charge is 0.409 e. The molecule has 2 aliphatic heterocycles. The lowest BCUT2D eigenvalue weighted by Crippen LogP contribution is -2.54. The van der Waals surface area contributed by atoms with Gasteiger partial charge in [0.15, 0.2) is 0 Å². The van der Waals surface area contributed by atoms with Gasteiger partial charge in [-0.2, -0.15) is 0 Å². The topological polar surface area (TPSA) is 82.1 Å². The van der Waals surface area contributed by atoms with Crippen molar-refractivity contribution in [1.82, 2.24) is 15.1 Å². The third-order valence-corrected chi connectivity index (χ3v) is 3.52. The maximum Gasteiger partial charge on any atom is 0.409 e. The van der Waals surface area contributed by atoms with E-state index in [4.69, 9.17) is 4.74 Å². The summed E-state index contributed by atoms with van der Waals surface area (Å²) in [4.78, 5) is 27.1. The van der Waals surface area contributed by atoms with Crippen LogP contribution in [-0.4, -0.2) is 78.4 Å². The average molecular weight is 271 g/mol. The van der Waals surface area contributed by atoms with Crippen LogP contribution in [0.3, 0.4) is 0 Å². The zero-order valence-electron chi connectivity index (χ0n) is 11.2. The molecule has 108 valence electrons. The van der Waals surface area contributed by atoms with E-state index >= 15 is 0 Å². The molecule has 2 N–H and O–H groups in total. The Labute approximate surface area is 112 Å². The predicted octanol–water partition coefficient (Wildman–Crippen LogP) is -0.990. The van der Waals surface area contributed by atoms with E-state index in [1.807, 2.05) is 0 Å². The van der Waals surface area contributed by atoms with Crippen molar-refractivity contribution >= 4 is 12.0 Å². The molecule has 2 amide bonds. The Bertz CT molecular complexity index is 342. The number of piperazine rings is 1. The van der Waals surface area contributed by atoms with Crippen molar-refractivity contribution in [3.8, 4) is 0 Å². The van der Waals surface area contributed by atoms with Crippen LogP contribution in [0.25, 0.3) is 0 Å². The molecular weight excluding hydrogens is 250 g/mol. The number of nitrogens with zero attached hydrogens (tertiary/aromatic N) is 2. The normalized spacial score (nSPS) is 27.5. The first-order chi connectivity index (χ1) is 9.11. The molecule has 2 aliphatic rings. The van der Waals surface area contributed by atoms with Gasteiger partial charge in [0.1, 0.15) is 0 Å². The quantitative estimate of drug-likeness (QED) is 0.674. The third-order valence-electron chi connectivity index (χ3n) is 3.52. The number of aliphatic hydroxyl groups excluding tert-OH is 1. The fraction of sp³-hybridized carbons (Fsp3) is 0.833. The number of β-amino-alcohol motifs (C(OH)–C–C–N with tert-alkyl or cyclic N) is 1. The summed E-state index contributed by atoms with van der Waals surface area (Å²) >= 11 is 0. The minimum atomic E-state index is -0.435. The molecule has 0 radical (unpaired) electrons. The van der Waals surface area contributed by atoms with Gasteiger partial charge in [-0.05, 0) is 13.3 Å². The lowest BCUT2D eigenvalue weighted by molar-refractivity contribution is -0.134. The van der Waals surface area contributed by atoms with Crippen LogP contribution in [0.4, 0.5) is 4.79 Å². The van der Waals surface area contributed by atoms with Gasteiger partial charge in [-0.15, -0.1) is 0 Å². The van der Waals surface area contributed by atoms with Crippen LogP contribution in [0.1, 0.15) is 13.3 Å². The van der Waals surface area contributed by atoms with E-state index in [2.05, 4.69) is 5.32 Å². The Morgan fingerprint density at radius 2 is 1.89 bits per heavy atom. The first kappa shape index (κ1) is 14.1. The van der Waals surface area contributed by atoms with E-state index in [9.17, 15) is 14.7 Å². The lowest BCUT2D eigenvalue weighted by Gasteiger charge is -2.35. The van der Waals surface area contributed by atoms with E-state index in [1.54, 1.807) is 16.7 Å². The largest absolute Gasteiger partial charge is 0.450 e. The predicted molar refractivity (Wildman–Crippen MR) is 67.6 cm³/mol. The summed E-state index contributed by atoms with van der Waals surface area (Å²) in [5.74, 6) is 0.0139. The summed E-state index contributed by atoms with van der Waals surface area (Å²) < 4.78 is 4.93. The summed E-state index contributed by atoms with van der Waals surface area (Å²) in [7, 11) is 0. The minimum Gasteiger partial charge on any atom is -0.450 e. The summed E-state index contributed by atoms with van der Waals surface area (Å²) in [6.45, 7) is 4.65. The molecule has 0 spiro atoms. The summed E-state index contributed by atoms with van der Waals surface area (Å²) in [6, 6.07) is -0.288. The molecular formula is C12H21N3O4. The third kappa shape index (κ3) is 3.36. The van der Waals surface area contributed by atoms with E-state index in [0.717, 1.165) is 0 Å². The van der Waals surface area contributed by atoms with Crippen LogP contribution < -0.4 is 5.32 Å². The van der Waals surface area contributed by atoms with Crippen LogP contribution in [0.5, 0.6) is 0 Å². The summed E-state index contributed by atoms with van der Waals surface area (Å²) in [6.07, 6.45) is -0.282. The van der Waals surface area contributed by atoms with Gasteiger partial charge in [-0.25, -0.2) is 4.79 Å². The molecule has 7 heteroatoms. The van der Waals surface area contributed by atoms with Crippen molar-refractivity contribution in [2.24, 2.45) is 0 Å². The van der Waals surface area contributed by atoms with Crippen LogP contribution >= 0.6 is 0 Å². The fourth-order valence-electron chi connectivity index (χ4n) is 2.45. The number of hydrogen-bond acceptors (Lipinski definition) is 5. The Hall–Kier alpha value is -1.34. The number of aliphatic hydroxyl groups is 1. The SMILES string of the molecule is CCOC(=O)N1CCN(C(=O)C2CC(O)CN2)CC1. The van der Waals surface area contributed by atoms with Gasteiger partial charge in [0.2, 0.25) is 5.91 Å². The fourth-order valence-corrected chi connectivity index (χ4v) is 2.45. The zero-order chi connectivity index (χ0) is 13.8. The van der Waals surface area contributed by atoms with Gasteiger partial charge in [-0.3, -0.25) is 4.79 Å². The van der Waals surface area contributed by atoms with E-state index < -0.39 is 6.10 Å². The monoisotopic (exact) mass is 271 g/mol. The molecule has 19 heavy (non-hydrogen) atoms. The molecule has 0 aromatic heterocycles. The second kappa shape index (κ2) is 6.21. The van der Waals surface area contributed by atoms with Gasteiger partial charge in [-0.1, -0.05) is 0 Å². The van der Waals surface area contributed by atoms with Crippen LogP contribution in [-0.2, 0) is 9.53 Å². The van der Waals surface area contributed by atoms with E-state index in [0.29, 0.717) is 45.8 Å². The van der Waals surface area contributed by atoms with Crippen LogP contribution in [0.15, 0.2) is 0 Å².